The average Bonchev–Trinajstić information content (AvgIpc) is 2.18. The summed E-state index contributed by atoms with van der Waals surface area (Å²) in [6.07, 6.45) is 5.50. The quantitative estimate of drug-likeness (QED) is 0.386. The van der Waals surface area contributed by atoms with Crippen molar-refractivity contribution >= 4 is 6.29 Å². The van der Waals surface area contributed by atoms with Crippen LogP contribution in [0.2, 0.25) is 0 Å². The van der Waals surface area contributed by atoms with Gasteiger partial charge in [0.05, 0.1) is 0 Å². The van der Waals surface area contributed by atoms with E-state index in [0.717, 1.165) is 0 Å². The van der Waals surface area contributed by atoms with Crippen molar-refractivity contribution in [3.05, 3.63) is 35.4 Å². The van der Waals surface area contributed by atoms with Gasteiger partial charge in [-0.2, -0.15) is 0 Å². The highest BCUT2D eigenvalue weighted by atomic mass is 16.5. The molecule has 1 rings (SSSR count). The number of carbonyl (C=O) groups excluding carboxylic acids is 1. The smallest absolute Gasteiger partial charge is 0.256 e. The van der Waals surface area contributed by atoms with Crippen LogP contribution in [0.4, 0.5) is 0 Å². The molecular weight excluding hydrogens is 168 g/mol. The van der Waals surface area contributed by atoms with Crippen molar-refractivity contribution in [2.45, 2.75) is 5.79 Å². The summed E-state index contributed by atoms with van der Waals surface area (Å²) in [5.74, 6) is -0.502. The van der Waals surface area contributed by atoms with Crippen LogP contribution >= 0.6 is 0 Å². The number of carbonyl (C=O) groups is 1. The fourth-order valence-electron chi connectivity index (χ4n) is 0.912. The number of hydrogen-bond donors (Lipinski definition) is 2. The van der Waals surface area contributed by atoms with Crippen LogP contribution < -0.4 is 0 Å². The van der Waals surface area contributed by atoms with Gasteiger partial charge in [-0.1, -0.05) is 18.2 Å². The molecule has 0 spiro atoms. The van der Waals surface area contributed by atoms with Crippen LogP contribution in [0.1, 0.15) is 15.9 Å². The first-order valence-corrected chi connectivity index (χ1v) is 3.58. The SMILES string of the molecule is C#CC(O)(O)c1cccc(C=O)c1. The molecule has 0 atom stereocenters. The topological polar surface area (TPSA) is 57.5 Å². The molecular formula is C10H8O3. The van der Waals surface area contributed by atoms with Gasteiger partial charge >= 0.3 is 0 Å². The van der Waals surface area contributed by atoms with E-state index in [0.29, 0.717) is 11.8 Å². The van der Waals surface area contributed by atoms with Crippen LogP contribution in [0, 0.1) is 12.3 Å². The van der Waals surface area contributed by atoms with E-state index in [2.05, 4.69) is 0 Å². The maximum absolute atomic E-state index is 10.4. The monoisotopic (exact) mass is 176 g/mol. The molecule has 0 amide bonds. The Morgan fingerprint density at radius 2 is 2.15 bits per heavy atom. The zero-order valence-electron chi connectivity index (χ0n) is 6.77. The molecule has 0 saturated carbocycles. The fourth-order valence-corrected chi connectivity index (χ4v) is 0.912. The Bertz CT molecular complexity index is 361. The van der Waals surface area contributed by atoms with Crippen molar-refractivity contribution in [2.75, 3.05) is 0 Å². The maximum Gasteiger partial charge on any atom is 0.256 e. The third kappa shape index (κ3) is 1.94. The lowest BCUT2D eigenvalue weighted by Gasteiger charge is -2.14. The van der Waals surface area contributed by atoms with E-state index in [4.69, 9.17) is 6.42 Å². The van der Waals surface area contributed by atoms with Crippen LogP contribution in [0.5, 0.6) is 0 Å². The molecule has 0 heterocycles. The Morgan fingerprint density at radius 1 is 1.46 bits per heavy atom. The predicted octanol–water partition coefficient (Wildman–Crippen LogP) is 0.270. The minimum Gasteiger partial charge on any atom is -0.352 e. The van der Waals surface area contributed by atoms with Gasteiger partial charge in [-0.3, -0.25) is 4.79 Å². The first-order valence-electron chi connectivity index (χ1n) is 3.58. The third-order valence-electron chi connectivity index (χ3n) is 1.63. The standard InChI is InChI=1S/C10H8O3/c1-2-10(12,13)9-5-3-4-8(6-9)7-11/h1,3-7,12-13H. The number of aliphatic hydroxyl groups is 2. The lowest BCUT2D eigenvalue weighted by molar-refractivity contribution is -0.115. The number of terminal acetylenes is 1. The van der Waals surface area contributed by atoms with Crippen molar-refractivity contribution in [1.29, 1.82) is 0 Å². The normalized spacial score (nSPS) is 10.5. The Morgan fingerprint density at radius 3 is 2.69 bits per heavy atom. The van der Waals surface area contributed by atoms with Gasteiger partial charge < -0.3 is 10.2 Å². The van der Waals surface area contributed by atoms with Gasteiger partial charge in [0.15, 0.2) is 0 Å². The summed E-state index contributed by atoms with van der Waals surface area (Å²) in [7, 11) is 0. The Labute approximate surface area is 75.6 Å². The summed E-state index contributed by atoms with van der Waals surface area (Å²) >= 11 is 0. The maximum atomic E-state index is 10.4. The largest absolute Gasteiger partial charge is 0.352 e. The third-order valence-corrected chi connectivity index (χ3v) is 1.63. The second-order valence-corrected chi connectivity index (χ2v) is 2.56. The number of rotatable bonds is 2. The molecule has 0 radical (unpaired) electrons. The highest BCUT2D eigenvalue weighted by Crippen LogP contribution is 2.17. The van der Waals surface area contributed by atoms with Gasteiger partial charge in [0, 0.05) is 11.1 Å². The highest BCUT2D eigenvalue weighted by molar-refractivity contribution is 5.75. The molecule has 1 aromatic rings. The number of benzene rings is 1. The van der Waals surface area contributed by atoms with Crippen molar-refractivity contribution in [1.82, 2.24) is 0 Å². The van der Waals surface area contributed by atoms with Crippen LogP contribution in [0.25, 0.3) is 0 Å². The van der Waals surface area contributed by atoms with Gasteiger partial charge in [0.25, 0.3) is 5.79 Å². The predicted molar refractivity (Wildman–Crippen MR) is 46.8 cm³/mol. The Balaban J connectivity index is 3.17. The zero-order valence-corrected chi connectivity index (χ0v) is 6.77. The molecule has 3 nitrogen and oxygen atoms in total. The molecule has 0 aliphatic heterocycles. The van der Waals surface area contributed by atoms with Crippen molar-refractivity contribution in [3.8, 4) is 12.3 Å². The Hall–Kier alpha value is -1.63. The average molecular weight is 176 g/mol. The summed E-state index contributed by atoms with van der Waals surface area (Å²) in [6, 6.07) is 5.83. The van der Waals surface area contributed by atoms with E-state index in [-0.39, 0.29) is 5.56 Å². The van der Waals surface area contributed by atoms with Crippen molar-refractivity contribution < 1.29 is 15.0 Å². The van der Waals surface area contributed by atoms with E-state index in [1.54, 1.807) is 12.0 Å². The van der Waals surface area contributed by atoms with E-state index < -0.39 is 5.79 Å². The second-order valence-electron chi connectivity index (χ2n) is 2.56. The molecule has 0 aromatic heterocycles. The second kappa shape index (κ2) is 3.40. The zero-order chi connectivity index (χ0) is 9.90. The summed E-state index contributed by atoms with van der Waals surface area (Å²) in [5, 5.41) is 18.4. The van der Waals surface area contributed by atoms with Crippen LogP contribution in [-0.2, 0) is 5.79 Å². The van der Waals surface area contributed by atoms with Crippen LogP contribution in [0.3, 0.4) is 0 Å². The summed E-state index contributed by atoms with van der Waals surface area (Å²) in [4.78, 5) is 10.4. The van der Waals surface area contributed by atoms with Crippen molar-refractivity contribution in [2.24, 2.45) is 0 Å². The molecule has 0 saturated heterocycles. The van der Waals surface area contributed by atoms with E-state index >= 15 is 0 Å². The van der Waals surface area contributed by atoms with Crippen LogP contribution in [0.15, 0.2) is 24.3 Å². The fraction of sp³-hybridized carbons (Fsp3) is 0.100. The van der Waals surface area contributed by atoms with Crippen LogP contribution in [-0.4, -0.2) is 16.5 Å². The lowest BCUT2D eigenvalue weighted by Crippen LogP contribution is -2.22. The number of hydrogen-bond acceptors (Lipinski definition) is 3. The van der Waals surface area contributed by atoms with E-state index in [1.807, 2.05) is 0 Å². The molecule has 0 unspecified atom stereocenters. The summed E-state index contributed by atoms with van der Waals surface area (Å²) in [6.45, 7) is 0. The van der Waals surface area contributed by atoms with Gasteiger partial charge in [0.2, 0.25) is 0 Å². The number of aldehydes is 1. The minimum atomic E-state index is -2.31. The van der Waals surface area contributed by atoms with Gasteiger partial charge in [-0.15, -0.1) is 6.42 Å². The van der Waals surface area contributed by atoms with Gasteiger partial charge in [-0.25, -0.2) is 0 Å². The molecule has 3 heteroatoms. The lowest BCUT2D eigenvalue weighted by atomic mass is 10.0. The molecule has 0 bridgehead atoms. The van der Waals surface area contributed by atoms with E-state index in [9.17, 15) is 15.0 Å². The van der Waals surface area contributed by atoms with Gasteiger partial charge in [-0.05, 0) is 12.0 Å². The summed E-state index contributed by atoms with van der Waals surface area (Å²) in [5.41, 5.74) is 0.458. The molecule has 1 aromatic carbocycles. The Kier molecular flexibility index (Phi) is 2.47. The summed E-state index contributed by atoms with van der Waals surface area (Å²) < 4.78 is 0. The molecule has 66 valence electrons. The molecule has 0 aliphatic carbocycles. The molecule has 0 aliphatic rings. The highest BCUT2D eigenvalue weighted by Gasteiger charge is 2.22. The molecule has 0 fully saturated rings. The van der Waals surface area contributed by atoms with Gasteiger partial charge in [0.1, 0.15) is 6.29 Å². The minimum absolute atomic E-state index is 0.111. The first-order chi connectivity index (χ1) is 6.10. The molecule has 2 N–H and O–H groups in total. The van der Waals surface area contributed by atoms with Crippen molar-refractivity contribution in [3.63, 3.8) is 0 Å². The first kappa shape index (κ1) is 9.46. The molecule has 13 heavy (non-hydrogen) atoms. The van der Waals surface area contributed by atoms with E-state index in [1.165, 1.54) is 18.2 Å².